The fourth-order valence-corrected chi connectivity index (χ4v) is 3.34. The summed E-state index contributed by atoms with van der Waals surface area (Å²) in [5, 5.41) is 8.87. The molecule has 3 heterocycles. The summed E-state index contributed by atoms with van der Waals surface area (Å²) in [5.41, 5.74) is 6.12. The predicted molar refractivity (Wildman–Crippen MR) is 81.8 cm³/mol. The van der Waals surface area contributed by atoms with E-state index in [0.29, 0.717) is 17.6 Å². The molecule has 0 bridgehead atoms. The van der Waals surface area contributed by atoms with Crippen molar-refractivity contribution in [3.63, 3.8) is 0 Å². The van der Waals surface area contributed by atoms with E-state index in [0.717, 1.165) is 25.9 Å². The fourth-order valence-electron chi connectivity index (χ4n) is 3.34. The number of nitrogens with two attached hydrogens (primary N) is 1. The van der Waals surface area contributed by atoms with Crippen LogP contribution < -0.4 is 10.6 Å². The van der Waals surface area contributed by atoms with Crippen molar-refractivity contribution in [1.82, 2.24) is 14.9 Å². The maximum atomic E-state index is 8.87. The second kappa shape index (κ2) is 6.27. The number of nitrogens with zero attached hydrogens (tertiary/aromatic N) is 5. The summed E-state index contributed by atoms with van der Waals surface area (Å²) >= 11 is 0. The van der Waals surface area contributed by atoms with E-state index in [9.17, 15) is 0 Å². The predicted octanol–water partition coefficient (Wildman–Crippen LogP) is 1.39. The summed E-state index contributed by atoms with van der Waals surface area (Å²) in [5.74, 6) is 0.934. The van der Waals surface area contributed by atoms with Crippen LogP contribution in [0.15, 0.2) is 6.20 Å². The molecule has 1 aromatic heterocycles. The van der Waals surface area contributed by atoms with Crippen molar-refractivity contribution in [2.75, 3.05) is 36.8 Å². The second-order valence-corrected chi connectivity index (χ2v) is 5.90. The lowest BCUT2D eigenvalue weighted by atomic mass is 10.0. The van der Waals surface area contributed by atoms with Crippen LogP contribution in [-0.2, 0) is 0 Å². The number of piperidine rings is 2. The highest BCUT2D eigenvalue weighted by molar-refractivity contribution is 5.50. The quantitative estimate of drug-likeness (QED) is 0.884. The first kappa shape index (κ1) is 14.1. The molecule has 0 aliphatic carbocycles. The third-order valence-corrected chi connectivity index (χ3v) is 4.58. The average Bonchev–Trinajstić information content (AvgIpc) is 2.56. The summed E-state index contributed by atoms with van der Waals surface area (Å²) in [6, 6.07) is 2.71. The third kappa shape index (κ3) is 3.08. The molecule has 0 unspecified atom stereocenters. The lowest BCUT2D eigenvalue weighted by Crippen LogP contribution is -2.47. The largest absolute Gasteiger partial charge is 0.382 e. The van der Waals surface area contributed by atoms with Crippen LogP contribution in [0.4, 0.5) is 11.8 Å². The van der Waals surface area contributed by atoms with Gasteiger partial charge in [0.1, 0.15) is 17.5 Å². The molecular formula is C15H22N6. The molecule has 1 aromatic rings. The zero-order valence-corrected chi connectivity index (χ0v) is 12.3. The van der Waals surface area contributed by atoms with E-state index in [2.05, 4.69) is 19.8 Å². The van der Waals surface area contributed by atoms with Gasteiger partial charge in [-0.15, -0.1) is 0 Å². The zero-order valence-electron chi connectivity index (χ0n) is 12.3. The van der Waals surface area contributed by atoms with Crippen LogP contribution >= 0.6 is 0 Å². The van der Waals surface area contributed by atoms with Gasteiger partial charge in [0.25, 0.3) is 0 Å². The first-order valence-corrected chi connectivity index (χ1v) is 7.79. The molecule has 2 fully saturated rings. The lowest BCUT2D eigenvalue weighted by molar-refractivity contribution is 0.141. The zero-order chi connectivity index (χ0) is 14.7. The van der Waals surface area contributed by atoms with Gasteiger partial charge in [0.15, 0.2) is 0 Å². The van der Waals surface area contributed by atoms with Crippen LogP contribution in [0.5, 0.6) is 0 Å². The molecule has 112 valence electrons. The molecule has 6 heteroatoms. The number of rotatable bonds is 2. The number of anilines is 2. The van der Waals surface area contributed by atoms with Gasteiger partial charge in [-0.3, -0.25) is 0 Å². The fraction of sp³-hybridized carbons (Fsp3) is 0.667. The standard InChI is InChI=1S/C15H22N6/c16-10-12-11-18-15(19-14(12)17)21-8-4-13(5-9-21)20-6-2-1-3-7-20/h11,13H,1-9H2,(H2,17,18,19). The van der Waals surface area contributed by atoms with Gasteiger partial charge in [-0.1, -0.05) is 6.42 Å². The molecule has 0 atom stereocenters. The Balaban J connectivity index is 1.60. The van der Waals surface area contributed by atoms with Crippen molar-refractivity contribution in [3.05, 3.63) is 11.8 Å². The number of hydrogen-bond acceptors (Lipinski definition) is 6. The van der Waals surface area contributed by atoms with Crippen molar-refractivity contribution >= 4 is 11.8 Å². The number of nitrogen functional groups attached to an aromatic ring is 1. The van der Waals surface area contributed by atoms with Gasteiger partial charge in [0.2, 0.25) is 5.95 Å². The van der Waals surface area contributed by atoms with Crippen molar-refractivity contribution in [1.29, 1.82) is 5.26 Å². The molecule has 21 heavy (non-hydrogen) atoms. The number of hydrogen-bond donors (Lipinski definition) is 1. The van der Waals surface area contributed by atoms with E-state index in [4.69, 9.17) is 11.0 Å². The second-order valence-electron chi connectivity index (χ2n) is 5.90. The highest BCUT2D eigenvalue weighted by atomic mass is 15.3. The molecule has 3 rings (SSSR count). The maximum Gasteiger partial charge on any atom is 0.227 e. The Bertz CT molecular complexity index is 523. The Hall–Kier alpha value is -1.87. The van der Waals surface area contributed by atoms with E-state index in [1.165, 1.54) is 38.5 Å². The van der Waals surface area contributed by atoms with E-state index in [-0.39, 0.29) is 5.82 Å². The minimum atomic E-state index is 0.278. The molecule has 0 radical (unpaired) electrons. The summed E-state index contributed by atoms with van der Waals surface area (Å²) in [4.78, 5) is 13.4. The van der Waals surface area contributed by atoms with Crippen molar-refractivity contribution in [2.45, 2.75) is 38.1 Å². The normalized spacial score (nSPS) is 21.2. The molecule has 2 saturated heterocycles. The van der Waals surface area contributed by atoms with Gasteiger partial charge in [-0.25, -0.2) is 4.98 Å². The van der Waals surface area contributed by atoms with Crippen LogP contribution in [-0.4, -0.2) is 47.1 Å². The Kier molecular flexibility index (Phi) is 4.20. The molecule has 0 saturated carbocycles. The van der Waals surface area contributed by atoms with Crippen LogP contribution in [0.2, 0.25) is 0 Å². The topological polar surface area (TPSA) is 82.1 Å². The molecule has 0 spiro atoms. The Morgan fingerprint density at radius 2 is 1.86 bits per heavy atom. The average molecular weight is 286 g/mol. The van der Waals surface area contributed by atoms with E-state index in [1.54, 1.807) is 0 Å². The SMILES string of the molecule is N#Cc1cnc(N2CCC(N3CCCCC3)CC2)nc1N. The molecule has 0 aromatic carbocycles. The number of aromatic nitrogens is 2. The van der Waals surface area contributed by atoms with E-state index >= 15 is 0 Å². The molecule has 6 nitrogen and oxygen atoms in total. The third-order valence-electron chi connectivity index (χ3n) is 4.58. The lowest BCUT2D eigenvalue weighted by Gasteiger charge is -2.40. The van der Waals surface area contributed by atoms with Gasteiger partial charge < -0.3 is 15.5 Å². The first-order chi connectivity index (χ1) is 10.3. The van der Waals surface area contributed by atoms with Crippen molar-refractivity contribution in [3.8, 4) is 6.07 Å². The van der Waals surface area contributed by atoms with Gasteiger partial charge in [0.05, 0.1) is 6.20 Å². The summed E-state index contributed by atoms with van der Waals surface area (Å²) in [6.45, 7) is 4.44. The van der Waals surface area contributed by atoms with Crippen LogP contribution in [0, 0.1) is 11.3 Å². The minimum absolute atomic E-state index is 0.278. The highest BCUT2D eigenvalue weighted by Crippen LogP contribution is 2.23. The highest BCUT2D eigenvalue weighted by Gasteiger charge is 2.26. The number of likely N-dealkylation sites (tertiary alicyclic amines) is 1. The van der Waals surface area contributed by atoms with E-state index in [1.807, 2.05) is 6.07 Å². The molecular weight excluding hydrogens is 264 g/mol. The first-order valence-electron chi connectivity index (χ1n) is 7.79. The molecule has 2 aliphatic rings. The maximum absolute atomic E-state index is 8.87. The van der Waals surface area contributed by atoms with Gasteiger partial charge in [-0.05, 0) is 38.8 Å². The Morgan fingerprint density at radius 1 is 1.14 bits per heavy atom. The van der Waals surface area contributed by atoms with Crippen LogP contribution in [0.1, 0.15) is 37.7 Å². The van der Waals surface area contributed by atoms with Crippen LogP contribution in [0.25, 0.3) is 0 Å². The Labute approximate surface area is 125 Å². The van der Waals surface area contributed by atoms with E-state index < -0.39 is 0 Å². The van der Waals surface area contributed by atoms with Crippen molar-refractivity contribution < 1.29 is 0 Å². The van der Waals surface area contributed by atoms with Crippen LogP contribution in [0.3, 0.4) is 0 Å². The summed E-state index contributed by atoms with van der Waals surface area (Å²) in [6.07, 6.45) is 7.90. The summed E-state index contributed by atoms with van der Waals surface area (Å²) in [7, 11) is 0. The molecule has 0 amide bonds. The van der Waals surface area contributed by atoms with Gasteiger partial charge >= 0.3 is 0 Å². The molecule has 2 N–H and O–H groups in total. The Morgan fingerprint density at radius 3 is 2.48 bits per heavy atom. The van der Waals surface area contributed by atoms with Gasteiger partial charge in [-0.2, -0.15) is 10.2 Å². The smallest absolute Gasteiger partial charge is 0.227 e. The molecule has 2 aliphatic heterocycles. The summed E-state index contributed by atoms with van der Waals surface area (Å²) < 4.78 is 0. The van der Waals surface area contributed by atoms with Gasteiger partial charge in [0, 0.05) is 19.1 Å². The van der Waals surface area contributed by atoms with Crippen molar-refractivity contribution in [2.24, 2.45) is 0 Å². The number of nitriles is 1. The monoisotopic (exact) mass is 286 g/mol. The minimum Gasteiger partial charge on any atom is -0.382 e.